The van der Waals surface area contributed by atoms with Gasteiger partial charge < -0.3 is 19.5 Å². The van der Waals surface area contributed by atoms with E-state index in [0.29, 0.717) is 12.4 Å². The van der Waals surface area contributed by atoms with Crippen molar-refractivity contribution in [3.8, 4) is 11.5 Å². The van der Waals surface area contributed by atoms with Crippen molar-refractivity contribution in [3.63, 3.8) is 0 Å². The molecule has 1 atom stereocenters. The number of esters is 1. The van der Waals surface area contributed by atoms with Crippen LogP contribution in [0.2, 0.25) is 5.02 Å². The van der Waals surface area contributed by atoms with Crippen molar-refractivity contribution >= 4 is 29.2 Å². The fourth-order valence-electron chi connectivity index (χ4n) is 2.26. The van der Waals surface area contributed by atoms with Gasteiger partial charge in [0.05, 0.1) is 30.0 Å². The minimum absolute atomic E-state index is 0.00228. The lowest BCUT2D eigenvalue weighted by Crippen LogP contribution is -2.30. The summed E-state index contributed by atoms with van der Waals surface area (Å²) in [7, 11) is 1.42. The first-order valence-electron chi connectivity index (χ1n) is 8.64. The second-order valence-electron chi connectivity index (χ2n) is 5.85. The fourth-order valence-corrected chi connectivity index (χ4v) is 2.53. The Kier molecular flexibility index (Phi) is 7.63. The van der Waals surface area contributed by atoms with Gasteiger partial charge in [0.1, 0.15) is 5.82 Å². The second-order valence-corrected chi connectivity index (χ2v) is 6.26. The highest BCUT2D eigenvalue weighted by Crippen LogP contribution is 2.36. The molecule has 2 rings (SSSR count). The van der Waals surface area contributed by atoms with E-state index in [0.717, 1.165) is 6.42 Å². The van der Waals surface area contributed by atoms with Crippen LogP contribution < -0.4 is 14.8 Å². The van der Waals surface area contributed by atoms with Crippen LogP contribution in [-0.4, -0.2) is 31.7 Å². The number of carbonyl (C=O) groups excluding carboxylic acids is 2. The molecule has 0 radical (unpaired) electrons. The highest BCUT2D eigenvalue weighted by Gasteiger charge is 2.22. The molecule has 2 aromatic rings. The Morgan fingerprint density at radius 3 is 2.61 bits per heavy atom. The lowest BCUT2D eigenvalue weighted by atomic mass is 10.2. The van der Waals surface area contributed by atoms with Crippen LogP contribution in [0.15, 0.2) is 36.4 Å². The normalized spacial score (nSPS) is 11.5. The number of hydrogen-bond acceptors (Lipinski definition) is 5. The van der Waals surface area contributed by atoms with Gasteiger partial charge in [-0.1, -0.05) is 30.7 Å². The molecule has 0 aliphatic carbocycles. The van der Waals surface area contributed by atoms with Crippen LogP contribution in [0, 0.1) is 5.82 Å². The first kappa shape index (κ1) is 21.5. The molecular formula is C20H21ClFNO5. The van der Waals surface area contributed by atoms with Gasteiger partial charge in [0.15, 0.2) is 17.6 Å². The first-order chi connectivity index (χ1) is 13.4. The zero-order chi connectivity index (χ0) is 20.7. The molecule has 6 nitrogen and oxygen atoms in total. The summed E-state index contributed by atoms with van der Waals surface area (Å²) < 4.78 is 29.5. The predicted molar refractivity (Wildman–Crippen MR) is 104 cm³/mol. The zero-order valence-corrected chi connectivity index (χ0v) is 16.5. The summed E-state index contributed by atoms with van der Waals surface area (Å²) >= 11 is 6.18. The molecule has 8 heteroatoms. The smallest absolute Gasteiger partial charge is 0.339 e. The molecule has 1 unspecified atom stereocenters. The molecule has 1 N–H and O–H groups in total. The molecule has 1 amide bonds. The molecule has 28 heavy (non-hydrogen) atoms. The molecule has 0 bridgehead atoms. The molecule has 0 aliphatic heterocycles. The first-order valence-corrected chi connectivity index (χ1v) is 9.01. The van der Waals surface area contributed by atoms with E-state index in [1.165, 1.54) is 44.4 Å². The summed E-state index contributed by atoms with van der Waals surface area (Å²) in [5.41, 5.74) is 0.0915. The topological polar surface area (TPSA) is 73.9 Å². The molecule has 150 valence electrons. The van der Waals surface area contributed by atoms with Crippen molar-refractivity contribution in [2.24, 2.45) is 0 Å². The number of nitrogens with one attached hydrogen (secondary N) is 1. The SMILES string of the molecule is CCCOc1c(Cl)cc(C(=O)OC(C)C(=O)Nc2ccccc2F)cc1OC. The molecule has 0 fully saturated rings. The van der Waals surface area contributed by atoms with E-state index in [1.807, 2.05) is 6.92 Å². The molecule has 0 aliphatic rings. The number of anilines is 1. The van der Waals surface area contributed by atoms with E-state index in [2.05, 4.69) is 5.32 Å². The number of para-hydroxylation sites is 1. The summed E-state index contributed by atoms with van der Waals surface area (Å²) in [5, 5.41) is 2.55. The maximum Gasteiger partial charge on any atom is 0.339 e. The Balaban J connectivity index is 2.10. The highest BCUT2D eigenvalue weighted by molar-refractivity contribution is 6.32. The third kappa shape index (κ3) is 5.36. The van der Waals surface area contributed by atoms with Crippen LogP contribution in [0.4, 0.5) is 10.1 Å². The van der Waals surface area contributed by atoms with Crippen LogP contribution in [0.3, 0.4) is 0 Å². The van der Waals surface area contributed by atoms with Gasteiger partial charge in [0, 0.05) is 0 Å². The molecule has 0 saturated heterocycles. The third-order valence-electron chi connectivity index (χ3n) is 3.70. The average Bonchev–Trinajstić information content (AvgIpc) is 2.68. The Morgan fingerprint density at radius 1 is 1.25 bits per heavy atom. The van der Waals surface area contributed by atoms with Crippen molar-refractivity contribution in [2.75, 3.05) is 19.0 Å². The van der Waals surface area contributed by atoms with Crippen molar-refractivity contribution in [3.05, 3.63) is 52.8 Å². The lowest BCUT2D eigenvalue weighted by molar-refractivity contribution is -0.123. The third-order valence-corrected chi connectivity index (χ3v) is 3.98. The molecule has 0 spiro atoms. The largest absolute Gasteiger partial charge is 0.493 e. The summed E-state index contributed by atoms with van der Waals surface area (Å²) in [6, 6.07) is 8.48. The van der Waals surface area contributed by atoms with Crippen LogP contribution in [0.5, 0.6) is 11.5 Å². The highest BCUT2D eigenvalue weighted by atomic mass is 35.5. The van der Waals surface area contributed by atoms with Crippen molar-refractivity contribution in [2.45, 2.75) is 26.4 Å². The summed E-state index contributed by atoms with van der Waals surface area (Å²) in [5.74, 6) is -1.43. The van der Waals surface area contributed by atoms with Crippen LogP contribution >= 0.6 is 11.6 Å². The standard InChI is InChI=1S/C20H21ClFNO5/c1-4-9-27-18-14(21)10-13(11-17(18)26-3)20(25)28-12(2)19(24)23-16-8-6-5-7-15(16)22/h5-8,10-12H,4,9H2,1-3H3,(H,23,24). The summed E-state index contributed by atoms with van der Waals surface area (Å²) in [4.78, 5) is 24.6. The lowest BCUT2D eigenvalue weighted by Gasteiger charge is -2.16. The van der Waals surface area contributed by atoms with Crippen LogP contribution in [0.25, 0.3) is 0 Å². The van der Waals surface area contributed by atoms with Gasteiger partial charge in [-0.05, 0) is 37.6 Å². The Hall–Kier alpha value is -2.80. The minimum Gasteiger partial charge on any atom is -0.493 e. The Morgan fingerprint density at radius 2 is 1.96 bits per heavy atom. The number of ether oxygens (including phenoxy) is 3. The Labute approximate surface area is 167 Å². The number of methoxy groups -OCH3 is 1. The fraction of sp³-hybridized carbons (Fsp3) is 0.300. The summed E-state index contributed by atoms with van der Waals surface area (Å²) in [6.07, 6.45) is -0.384. The monoisotopic (exact) mass is 409 g/mol. The number of hydrogen-bond donors (Lipinski definition) is 1. The molecule has 0 saturated carbocycles. The van der Waals surface area contributed by atoms with Gasteiger partial charge in [-0.2, -0.15) is 0 Å². The number of rotatable bonds is 8. The van der Waals surface area contributed by atoms with Crippen LogP contribution in [0.1, 0.15) is 30.6 Å². The van der Waals surface area contributed by atoms with E-state index >= 15 is 0 Å². The number of halogens is 2. The van der Waals surface area contributed by atoms with Gasteiger partial charge in [0.2, 0.25) is 0 Å². The Bertz CT molecular complexity index is 858. The maximum atomic E-state index is 13.6. The van der Waals surface area contributed by atoms with Crippen LogP contribution in [-0.2, 0) is 9.53 Å². The van der Waals surface area contributed by atoms with Crippen molar-refractivity contribution in [1.29, 1.82) is 0 Å². The molecule has 2 aromatic carbocycles. The summed E-state index contributed by atoms with van der Waals surface area (Å²) in [6.45, 7) is 3.76. The van der Waals surface area contributed by atoms with E-state index in [-0.39, 0.29) is 22.0 Å². The quantitative estimate of drug-likeness (QED) is 0.651. The number of benzene rings is 2. The predicted octanol–water partition coefficient (Wildman–Crippen LogP) is 4.46. The second kappa shape index (κ2) is 9.94. The minimum atomic E-state index is -1.16. The molecular weight excluding hydrogens is 389 g/mol. The van der Waals surface area contributed by atoms with E-state index in [9.17, 15) is 14.0 Å². The van der Waals surface area contributed by atoms with Gasteiger partial charge in [-0.25, -0.2) is 9.18 Å². The zero-order valence-electron chi connectivity index (χ0n) is 15.8. The average molecular weight is 410 g/mol. The molecule has 0 aromatic heterocycles. The van der Waals surface area contributed by atoms with Gasteiger partial charge in [-0.15, -0.1) is 0 Å². The number of amides is 1. The van der Waals surface area contributed by atoms with Gasteiger partial charge >= 0.3 is 5.97 Å². The maximum absolute atomic E-state index is 13.6. The van der Waals surface area contributed by atoms with E-state index < -0.39 is 23.8 Å². The van der Waals surface area contributed by atoms with Gasteiger partial charge in [-0.3, -0.25) is 4.79 Å². The number of carbonyl (C=O) groups is 2. The molecule has 0 heterocycles. The van der Waals surface area contributed by atoms with E-state index in [1.54, 1.807) is 6.07 Å². The van der Waals surface area contributed by atoms with Crippen molar-refractivity contribution < 1.29 is 28.2 Å². The van der Waals surface area contributed by atoms with E-state index in [4.69, 9.17) is 25.8 Å². The van der Waals surface area contributed by atoms with Crippen molar-refractivity contribution in [1.82, 2.24) is 0 Å². The van der Waals surface area contributed by atoms with Gasteiger partial charge in [0.25, 0.3) is 5.91 Å².